The number of Topliss-reactive ketones (excluding diaryl/α,β-unsaturated/α-hetero) is 1. The van der Waals surface area contributed by atoms with E-state index in [0.29, 0.717) is 6.42 Å². The molecule has 2 unspecified atom stereocenters. The monoisotopic (exact) mass is 423 g/mol. The van der Waals surface area contributed by atoms with Gasteiger partial charge in [-0.05, 0) is 24.0 Å². The third kappa shape index (κ3) is 5.55. The lowest BCUT2D eigenvalue weighted by atomic mass is 9.86. The van der Waals surface area contributed by atoms with Gasteiger partial charge in [0.05, 0.1) is 6.04 Å². The van der Waals surface area contributed by atoms with Crippen LogP contribution < -0.4 is 11.2 Å². The van der Waals surface area contributed by atoms with Gasteiger partial charge in [-0.3, -0.25) is 19.2 Å². The van der Waals surface area contributed by atoms with Crippen molar-refractivity contribution in [3.8, 4) is 0 Å². The summed E-state index contributed by atoms with van der Waals surface area (Å²) in [6.45, 7) is 1.17. The van der Waals surface area contributed by atoms with Gasteiger partial charge in [-0.2, -0.15) is 0 Å². The van der Waals surface area contributed by atoms with Crippen molar-refractivity contribution in [1.29, 1.82) is 0 Å². The quantitative estimate of drug-likeness (QED) is 0.205. The molecule has 3 rings (SSSR count). The van der Waals surface area contributed by atoms with Crippen molar-refractivity contribution in [3.63, 3.8) is 0 Å². The van der Waals surface area contributed by atoms with E-state index in [4.69, 9.17) is 10.6 Å². The van der Waals surface area contributed by atoms with Gasteiger partial charge in [0.1, 0.15) is 0 Å². The third-order valence-electron chi connectivity index (χ3n) is 5.12. The highest BCUT2D eigenvalue weighted by molar-refractivity contribution is 6.09. The summed E-state index contributed by atoms with van der Waals surface area (Å²) >= 11 is 0. The molecule has 8 heteroatoms. The second-order valence-corrected chi connectivity index (χ2v) is 7.42. The average Bonchev–Trinajstić information content (AvgIpc) is 2.77. The molecular weight excluding hydrogens is 398 g/mol. The van der Waals surface area contributed by atoms with Crippen LogP contribution in [0.2, 0.25) is 0 Å². The summed E-state index contributed by atoms with van der Waals surface area (Å²) in [5, 5.41) is 3.48. The number of nitrogens with zero attached hydrogens (tertiary/aromatic N) is 1. The number of hydrogen-bond acceptors (Lipinski definition) is 6. The van der Waals surface area contributed by atoms with Gasteiger partial charge >= 0.3 is 5.97 Å². The first-order valence-corrected chi connectivity index (χ1v) is 10.0. The fraction of sp³-hybridized carbons (Fsp3) is 0.304. The van der Waals surface area contributed by atoms with Crippen molar-refractivity contribution in [1.82, 2.24) is 10.3 Å². The van der Waals surface area contributed by atoms with Gasteiger partial charge in [0.15, 0.2) is 11.7 Å². The van der Waals surface area contributed by atoms with Crippen LogP contribution in [0, 0.1) is 5.92 Å². The van der Waals surface area contributed by atoms with Crippen LogP contribution in [0.3, 0.4) is 0 Å². The predicted molar refractivity (Wildman–Crippen MR) is 112 cm³/mol. The van der Waals surface area contributed by atoms with Crippen LogP contribution in [0.4, 0.5) is 0 Å². The van der Waals surface area contributed by atoms with E-state index in [2.05, 4.69) is 5.32 Å². The topological polar surface area (TPSA) is 119 Å². The van der Waals surface area contributed by atoms with Gasteiger partial charge < -0.3 is 10.1 Å². The van der Waals surface area contributed by atoms with Crippen molar-refractivity contribution in [2.45, 2.75) is 38.5 Å². The van der Waals surface area contributed by atoms with E-state index in [0.717, 1.165) is 16.1 Å². The van der Waals surface area contributed by atoms with Crippen LogP contribution in [0.5, 0.6) is 0 Å². The first-order chi connectivity index (χ1) is 14.9. The minimum Gasteiger partial charge on any atom is -0.439 e. The highest BCUT2D eigenvalue weighted by atomic mass is 16.6. The number of β-lactam (4-membered cyclic amide) rings is 1. The lowest BCUT2D eigenvalue weighted by Gasteiger charge is -2.42. The summed E-state index contributed by atoms with van der Waals surface area (Å²) in [7, 11) is 0. The standard InChI is InChI=1S/C23H25N3O5/c1-15(27)31-23-20(22(30)26(23)24)21(29)18(14-17-10-6-3-7-11-17)25-19(28)13-12-16-8-4-2-5-9-16/h2-11,18,20,23H,12-14,24H2,1H3,(H,25,28)/t18-,20?,23?/m0/s1. The van der Waals surface area contributed by atoms with Crippen molar-refractivity contribution in [3.05, 3.63) is 71.8 Å². The van der Waals surface area contributed by atoms with Crippen molar-refractivity contribution in [2.24, 2.45) is 11.8 Å². The molecule has 2 aromatic carbocycles. The Morgan fingerprint density at radius 1 is 1.03 bits per heavy atom. The zero-order valence-electron chi connectivity index (χ0n) is 17.2. The smallest absolute Gasteiger partial charge is 0.304 e. The minimum absolute atomic E-state index is 0.192. The Morgan fingerprint density at radius 2 is 1.61 bits per heavy atom. The van der Waals surface area contributed by atoms with Crippen LogP contribution in [0.1, 0.15) is 24.5 Å². The molecule has 3 atom stereocenters. The number of hydrogen-bond donors (Lipinski definition) is 2. The fourth-order valence-corrected chi connectivity index (χ4v) is 3.50. The Morgan fingerprint density at radius 3 is 2.19 bits per heavy atom. The molecule has 1 heterocycles. The van der Waals surface area contributed by atoms with E-state index in [1.54, 1.807) is 0 Å². The fourth-order valence-electron chi connectivity index (χ4n) is 3.50. The first kappa shape index (κ1) is 22.2. The minimum atomic E-state index is -1.24. The highest BCUT2D eigenvalue weighted by Gasteiger charge is 2.54. The molecule has 2 aromatic rings. The van der Waals surface area contributed by atoms with Gasteiger partial charge in [0, 0.05) is 13.3 Å². The molecule has 0 spiro atoms. The Labute approximate surface area is 180 Å². The van der Waals surface area contributed by atoms with Crippen molar-refractivity contribution in [2.75, 3.05) is 0 Å². The van der Waals surface area contributed by atoms with Gasteiger partial charge in [-0.25, -0.2) is 10.9 Å². The SMILES string of the molecule is CC(=O)OC1C(C(=O)[C@H](Cc2ccccc2)NC(=O)CCc2ccccc2)C(=O)N1N. The summed E-state index contributed by atoms with van der Waals surface area (Å²) < 4.78 is 5.02. The van der Waals surface area contributed by atoms with Crippen LogP contribution in [-0.2, 0) is 36.8 Å². The number of ether oxygens (including phenoxy) is 1. The molecule has 162 valence electrons. The summed E-state index contributed by atoms with van der Waals surface area (Å²) in [6, 6.07) is 17.7. The number of hydrazine groups is 1. The number of carbonyl (C=O) groups is 4. The molecule has 1 fully saturated rings. The molecule has 8 nitrogen and oxygen atoms in total. The van der Waals surface area contributed by atoms with Gasteiger partial charge in [0.25, 0.3) is 5.91 Å². The van der Waals surface area contributed by atoms with E-state index in [-0.39, 0.29) is 18.7 Å². The molecule has 1 aliphatic rings. The molecule has 2 amide bonds. The maximum absolute atomic E-state index is 13.2. The predicted octanol–water partition coefficient (Wildman–Crippen LogP) is 1.14. The number of esters is 1. The maximum atomic E-state index is 13.2. The normalized spacial score (nSPS) is 18.6. The number of nitrogens with one attached hydrogen (secondary N) is 1. The number of amides is 2. The molecule has 0 aliphatic carbocycles. The number of nitrogens with two attached hydrogens (primary N) is 1. The molecule has 1 saturated heterocycles. The van der Waals surface area contributed by atoms with Crippen LogP contribution in [0.25, 0.3) is 0 Å². The second-order valence-electron chi connectivity index (χ2n) is 7.42. The molecular formula is C23H25N3O5. The first-order valence-electron chi connectivity index (χ1n) is 10.0. The largest absolute Gasteiger partial charge is 0.439 e. The third-order valence-corrected chi connectivity index (χ3v) is 5.12. The van der Waals surface area contributed by atoms with Crippen LogP contribution >= 0.6 is 0 Å². The Bertz CT molecular complexity index is 948. The summed E-state index contributed by atoms with van der Waals surface area (Å²) in [5.74, 6) is 2.20. The zero-order valence-corrected chi connectivity index (χ0v) is 17.2. The molecule has 0 aromatic heterocycles. The molecule has 0 bridgehead atoms. The lowest BCUT2D eigenvalue weighted by Crippen LogP contribution is -2.70. The molecule has 0 radical (unpaired) electrons. The second kappa shape index (κ2) is 9.99. The van der Waals surface area contributed by atoms with E-state index < -0.39 is 35.8 Å². The highest BCUT2D eigenvalue weighted by Crippen LogP contribution is 2.27. The number of rotatable bonds is 9. The Hall–Kier alpha value is -3.52. The van der Waals surface area contributed by atoms with E-state index in [9.17, 15) is 19.2 Å². The Kier molecular flexibility index (Phi) is 7.15. The van der Waals surface area contributed by atoms with E-state index >= 15 is 0 Å². The van der Waals surface area contributed by atoms with E-state index in [1.807, 2.05) is 60.7 Å². The number of benzene rings is 2. The molecule has 31 heavy (non-hydrogen) atoms. The number of aryl methyl sites for hydroxylation is 1. The lowest BCUT2D eigenvalue weighted by molar-refractivity contribution is -0.199. The molecule has 1 aliphatic heterocycles. The van der Waals surface area contributed by atoms with Gasteiger partial charge in [-0.1, -0.05) is 60.7 Å². The Balaban J connectivity index is 1.72. The summed E-state index contributed by atoms with van der Waals surface area (Å²) in [5.41, 5.74) is 1.83. The van der Waals surface area contributed by atoms with Crippen LogP contribution in [0.15, 0.2) is 60.7 Å². The van der Waals surface area contributed by atoms with E-state index in [1.165, 1.54) is 6.92 Å². The number of carbonyl (C=O) groups excluding carboxylic acids is 4. The van der Waals surface area contributed by atoms with Crippen molar-refractivity contribution < 1.29 is 23.9 Å². The van der Waals surface area contributed by atoms with Gasteiger partial charge in [0.2, 0.25) is 12.1 Å². The average molecular weight is 423 g/mol. The maximum Gasteiger partial charge on any atom is 0.304 e. The molecule has 3 N–H and O–H groups in total. The van der Waals surface area contributed by atoms with Gasteiger partial charge in [-0.15, -0.1) is 0 Å². The molecule has 0 saturated carbocycles. The summed E-state index contributed by atoms with van der Waals surface area (Å²) in [6.07, 6.45) is -0.249. The number of ketones is 1. The summed E-state index contributed by atoms with van der Waals surface area (Å²) in [4.78, 5) is 49.3. The van der Waals surface area contributed by atoms with Crippen LogP contribution in [-0.4, -0.2) is 40.8 Å². The van der Waals surface area contributed by atoms with Crippen molar-refractivity contribution >= 4 is 23.6 Å². The zero-order chi connectivity index (χ0) is 22.4.